The van der Waals surface area contributed by atoms with Gasteiger partial charge in [-0.25, -0.2) is 0 Å². The molecule has 2 amide bonds. The molecule has 1 N–H and O–H groups in total. The summed E-state index contributed by atoms with van der Waals surface area (Å²) in [6.07, 6.45) is 0. The summed E-state index contributed by atoms with van der Waals surface area (Å²) in [6.45, 7) is 4.54. The number of hydrogen-bond donors (Lipinski definition) is 1. The molecule has 0 fully saturated rings. The summed E-state index contributed by atoms with van der Waals surface area (Å²) in [5.74, 6) is 0.819. The molecule has 0 radical (unpaired) electrons. The summed E-state index contributed by atoms with van der Waals surface area (Å²) in [4.78, 5) is 27.9. The molecule has 0 aliphatic heterocycles. The van der Waals surface area contributed by atoms with Gasteiger partial charge in [0.25, 0.3) is 0 Å². The van der Waals surface area contributed by atoms with Gasteiger partial charge in [-0.3, -0.25) is 9.59 Å². The van der Waals surface area contributed by atoms with Gasteiger partial charge in [-0.05, 0) is 43.7 Å². The van der Waals surface area contributed by atoms with E-state index in [1.807, 2.05) is 61.5 Å². The molecule has 144 valence electrons. The van der Waals surface area contributed by atoms with Crippen LogP contribution in [0, 0.1) is 0 Å². The van der Waals surface area contributed by atoms with Crippen molar-refractivity contribution < 1.29 is 14.3 Å². The van der Waals surface area contributed by atoms with Crippen molar-refractivity contribution in [2.45, 2.75) is 31.3 Å². The number of thioether (sulfide) groups is 1. The molecular formula is C21H26N2O3S. The van der Waals surface area contributed by atoms with E-state index >= 15 is 0 Å². The lowest BCUT2D eigenvalue weighted by atomic mass is 10.1. The molecule has 0 saturated heterocycles. The van der Waals surface area contributed by atoms with E-state index in [1.165, 1.54) is 11.8 Å². The minimum atomic E-state index is -0.545. The highest BCUT2D eigenvalue weighted by molar-refractivity contribution is 8.00. The number of carbonyl (C=O) groups excluding carboxylic acids is 2. The second-order valence-electron chi connectivity index (χ2n) is 6.04. The topological polar surface area (TPSA) is 58.6 Å². The van der Waals surface area contributed by atoms with Gasteiger partial charge in [0.15, 0.2) is 0 Å². The average Bonchev–Trinajstić information content (AvgIpc) is 2.71. The van der Waals surface area contributed by atoms with Crippen LogP contribution in [0.25, 0.3) is 0 Å². The number of carbonyl (C=O) groups is 2. The highest BCUT2D eigenvalue weighted by atomic mass is 32.2. The molecule has 0 aromatic heterocycles. The van der Waals surface area contributed by atoms with Gasteiger partial charge in [0.05, 0.1) is 12.9 Å². The molecule has 2 rings (SSSR count). The molecule has 0 saturated carbocycles. The maximum absolute atomic E-state index is 12.9. The highest BCUT2D eigenvalue weighted by Gasteiger charge is 2.25. The molecule has 0 bridgehead atoms. The van der Waals surface area contributed by atoms with Gasteiger partial charge < -0.3 is 15.0 Å². The number of likely N-dealkylation sites (N-methyl/N-ethyl adjacent to an activating group) is 1. The van der Waals surface area contributed by atoms with Gasteiger partial charge in [-0.15, -0.1) is 11.8 Å². The first kappa shape index (κ1) is 20.8. The fraction of sp³-hybridized carbons (Fsp3) is 0.333. The third kappa shape index (κ3) is 6.32. The third-order valence-corrected chi connectivity index (χ3v) is 5.13. The SMILES string of the molecule is CCNC(=O)C(C)N(Cc1ccc(OC)cc1)C(=O)CSc1ccccc1. The van der Waals surface area contributed by atoms with Gasteiger partial charge in [-0.1, -0.05) is 30.3 Å². The van der Waals surface area contributed by atoms with Gasteiger partial charge in [0.2, 0.25) is 11.8 Å². The smallest absolute Gasteiger partial charge is 0.242 e. The van der Waals surface area contributed by atoms with Gasteiger partial charge in [-0.2, -0.15) is 0 Å². The molecule has 0 heterocycles. The number of hydrogen-bond acceptors (Lipinski definition) is 4. The van der Waals surface area contributed by atoms with Crippen molar-refractivity contribution in [1.29, 1.82) is 0 Å². The maximum atomic E-state index is 12.9. The van der Waals surface area contributed by atoms with Gasteiger partial charge in [0.1, 0.15) is 11.8 Å². The van der Waals surface area contributed by atoms with E-state index in [0.717, 1.165) is 16.2 Å². The van der Waals surface area contributed by atoms with Crippen LogP contribution in [0.4, 0.5) is 0 Å². The minimum Gasteiger partial charge on any atom is -0.497 e. The van der Waals surface area contributed by atoms with E-state index < -0.39 is 6.04 Å². The second kappa shape index (κ2) is 10.6. The summed E-state index contributed by atoms with van der Waals surface area (Å²) in [7, 11) is 1.61. The van der Waals surface area contributed by atoms with Gasteiger partial charge >= 0.3 is 0 Å². The van der Waals surface area contributed by atoms with Crippen LogP contribution in [0.3, 0.4) is 0 Å². The number of nitrogens with zero attached hydrogens (tertiary/aromatic N) is 1. The minimum absolute atomic E-state index is 0.0709. The monoisotopic (exact) mass is 386 g/mol. The number of benzene rings is 2. The summed E-state index contributed by atoms with van der Waals surface area (Å²) in [5, 5.41) is 2.80. The lowest BCUT2D eigenvalue weighted by Gasteiger charge is -2.28. The Labute approximate surface area is 165 Å². The van der Waals surface area contributed by atoms with Crippen molar-refractivity contribution in [1.82, 2.24) is 10.2 Å². The van der Waals surface area contributed by atoms with Gasteiger partial charge in [0, 0.05) is 18.0 Å². The Morgan fingerprint density at radius 3 is 2.37 bits per heavy atom. The first-order valence-corrected chi connectivity index (χ1v) is 9.91. The quantitative estimate of drug-likeness (QED) is 0.672. The first-order valence-electron chi connectivity index (χ1n) is 8.93. The van der Waals surface area contributed by atoms with Crippen LogP contribution in [-0.4, -0.2) is 42.2 Å². The Balaban J connectivity index is 2.11. The Hall–Kier alpha value is -2.47. The third-order valence-electron chi connectivity index (χ3n) is 4.14. The van der Waals surface area contributed by atoms with Crippen LogP contribution in [0.15, 0.2) is 59.5 Å². The molecule has 2 aromatic rings. The summed E-state index contributed by atoms with van der Waals surface area (Å²) < 4.78 is 5.18. The number of amides is 2. The van der Waals surface area contributed by atoms with Crippen LogP contribution >= 0.6 is 11.8 Å². The van der Waals surface area contributed by atoms with Crippen molar-refractivity contribution in [3.05, 3.63) is 60.2 Å². The zero-order chi connectivity index (χ0) is 19.6. The first-order chi connectivity index (χ1) is 13.0. The second-order valence-corrected chi connectivity index (χ2v) is 7.09. The molecule has 0 aliphatic rings. The number of ether oxygens (including phenoxy) is 1. The van der Waals surface area contributed by atoms with E-state index in [0.29, 0.717) is 13.1 Å². The average molecular weight is 387 g/mol. The van der Waals surface area contributed by atoms with Crippen LogP contribution in [0.1, 0.15) is 19.4 Å². The molecule has 0 spiro atoms. The van der Waals surface area contributed by atoms with Crippen molar-refractivity contribution >= 4 is 23.6 Å². The normalized spacial score (nSPS) is 11.5. The predicted octanol–water partition coefficient (Wildman–Crippen LogP) is 3.34. The van der Waals surface area contributed by atoms with Crippen molar-refractivity contribution in [2.75, 3.05) is 19.4 Å². The Kier molecular flexibility index (Phi) is 8.20. The lowest BCUT2D eigenvalue weighted by Crippen LogP contribution is -2.48. The number of methoxy groups -OCH3 is 1. The molecular weight excluding hydrogens is 360 g/mol. The summed E-state index contributed by atoms with van der Waals surface area (Å²) in [5.41, 5.74) is 0.949. The molecule has 1 unspecified atom stereocenters. The van der Waals surface area contributed by atoms with Crippen LogP contribution in [-0.2, 0) is 16.1 Å². The molecule has 6 heteroatoms. The molecule has 2 aromatic carbocycles. The maximum Gasteiger partial charge on any atom is 0.242 e. The predicted molar refractivity (Wildman–Crippen MR) is 109 cm³/mol. The van der Waals surface area contributed by atoms with E-state index in [2.05, 4.69) is 5.32 Å². The molecule has 0 aliphatic carbocycles. The standard InChI is InChI=1S/C21H26N2O3S/c1-4-22-21(25)16(2)23(14-17-10-12-18(26-3)13-11-17)20(24)15-27-19-8-6-5-7-9-19/h5-13,16H,4,14-15H2,1-3H3,(H,22,25). The van der Waals surface area contributed by atoms with E-state index in [1.54, 1.807) is 18.9 Å². The molecule has 27 heavy (non-hydrogen) atoms. The number of nitrogens with one attached hydrogen (secondary N) is 1. The zero-order valence-corrected chi connectivity index (χ0v) is 16.8. The van der Waals surface area contributed by atoms with Crippen LogP contribution < -0.4 is 10.1 Å². The number of rotatable bonds is 9. The fourth-order valence-electron chi connectivity index (χ4n) is 2.58. The zero-order valence-electron chi connectivity index (χ0n) is 16.0. The van der Waals surface area contributed by atoms with E-state index in [-0.39, 0.29) is 17.6 Å². The lowest BCUT2D eigenvalue weighted by molar-refractivity contribution is -0.138. The fourth-order valence-corrected chi connectivity index (χ4v) is 3.38. The van der Waals surface area contributed by atoms with Crippen molar-refractivity contribution in [2.24, 2.45) is 0 Å². The van der Waals surface area contributed by atoms with Crippen LogP contribution in [0.2, 0.25) is 0 Å². The van der Waals surface area contributed by atoms with Crippen LogP contribution in [0.5, 0.6) is 5.75 Å². The van der Waals surface area contributed by atoms with Crippen molar-refractivity contribution in [3.8, 4) is 5.75 Å². The molecule has 1 atom stereocenters. The summed E-state index contributed by atoms with van der Waals surface area (Å²) >= 11 is 1.47. The Morgan fingerprint density at radius 2 is 1.78 bits per heavy atom. The Bertz CT molecular complexity index is 735. The van der Waals surface area contributed by atoms with Crippen molar-refractivity contribution in [3.63, 3.8) is 0 Å². The Morgan fingerprint density at radius 1 is 1.11 bits per heavy atom. The van der Waals surface area contributed by atoms with E-state index in [4.69, 9.17) is 4.74 Å². The highest BCUT2D eigenvalue weighted by Crippen LogP contribution is 2.20. The summed E-state index contributed by atoms with van der Waals surface area (Å²) in [6, 6.07) is 16.8. The largest absolute Gasteiger partial charge is 0.497 e. The van der Waals surface area contributed by atoms with E-state index in [9.17, 15) is 9.59 Å². The molecule has 5 nitrogen and oxygen atoms in total.